The summed E-state index contributed by atoms with van der Waals surface area (Å²) in [5, 5.41) is 3.41. The molecule has 1 aromatic heterocycles. The highest BCUT2D eigenvalue weighted by molar-refractivity contribution is 7.09. The number of benzene rings is 1. The molecule has 0 amide bonds. The second-order valence-electron chi connectivity index (χ2n) is 5.29. The molecule has 3 rings (SSSR count). The molecule has 2 aromatic rings. The van der Waals surface area contributed by atoms with Crippen molar-refractivity contribution in [1.82, 2.24) is 4.98 Å². The summed E-state index contributed by atoms with van der Waals surface area (Å²) in [6, 6.07) is 7.62. The summed E-state index contributed by atoms with van der Waals surface area (Å²) in [6.45, 7) is 1.41. The van der Waals surface area contributed by atoms with E-state index in [-0.39, 0.29) is 5.97 Å². The molecule has 4 heteroatoms. The Morgan fingerprint density at radius 3 is 2.75 bits per heavy atom. The maximum absolute atomic E-state index is 10.9. The van der Waals surface area contributed by atoms with Crippen molar-refractivity contribution in [2.24, 2.45) is 5.92 Å². The second kappa shape index (κ2) is 5.75. The van der Waals surface area contributed by atoms with E-state index in [1.807, 2.05) is 24.3 Å². The maximum Gasteiger partial charge on any atom is 0.308 e. The van der Waals surface area contributed by atoms with Gasteiger partial charge in [-0.3, -0.25) is 4.79 Å². The number of hydrogen-bond donors (Lipinski definition) is 0. The zero-order chi connectivity index (χ0) is 13.9. The summed E-state index contributed by atoms with van der Waals surface area (Å²) in [7, 11) is 0. The topological polar surface area (TPSA) is 39.2 Å². The molecule has 1 fully saturated rings. The molecule has 1 aliphatic carbocycles. The second-order valence-corrected chi connectivity index (χ2v) is 6.24. The first-order valence-corrected chi connectivity index (χ1v) is 7.77. The van der Waals surface area contributed by atoms with Crippen LogP contribution in [-0.4, -0.2) is 11.0 Å². The molecular weight excluding hydrogens is 270 g/mol. The minimum absolute atomic E-state index is 0.290. The van der Waals surface area contributed by atoms with Gasteiger partial charge in [-0.1, -0.05) is 12.1 Å². The number of hydrogen-bond acceptors (Lipinski definition) is 4. The molecule has 0 atom stereocenters. The smallest absolute Gasteiger partial charge is 0.308 e. The minimum atomic E-state index is -0.290. The van der Waals surface area contributed by atoms with Crippen LogP contribution in [0.15, 0.2) is 29.6 Å². The molecule has 0 N–H and O–H groups in total. The third-order valence-corrected chi connectivity index (χ3v) is 4.25. The highest BCUT2D eigenvalue weighted by atomic mass is 32.1. The molecule has 1 aromatic carbocycles. The van der Waals surface area contributed by atoms with Gasteiger partial charge in [-0.25, -0.2) is 4.98 Å². The van der Waals surface area contributed by atoms with E-state index >= 15 is 0 Å². The van der Waals surface area contributed by atoms with E-state index in [0.717, 1.165) is 24.5 Å². The van der Waals surface area contributed by atoms with Crippen LogP contribution in [0.5, 0.6) is 5.75 Å². The largest absolute Gasteiger partial charge is 0.427 e. The maximum atomic E-state index is 10.9. The molecule has 0 bridgehead atoms. The predicted octanol–water partition coefficient (Wildman–Crippen LogP) is 3.61. The standard InChI is InChI=1S/C16H17NO2S/c1-11(18)19-15-6-4-12(5-7-15)8-14-10-20-16(17-14)9-13-2-3-13/h4-7,10,13H,2-3,8-9H2,1H3. The molecular formula is C16H17NO2S. The van der Waals surface area contributed by atoms with Crippen LogP contribution >= 0.6 is 11.3 Å². The molecule has 0 saturated heterocycles. The molecule has 1 saturated carbocycles. The fraction of sp³-hybridized carbons (Fsp3) is 0.375. The van der Waals surface area contributed by atoms with Gasteiger partial charge < -0.3 is 4.74 Å². The van der Waals surface area contributed by atoms with Gasteiger partial charge in [-0.05, 0) is 36.5 Å². The van der Waals surface area contributed by atoms with Gasteiger partial charge in [-0.2, -0.15) is 0 Å². The van der Waals surface area contributed by atoms with Gasteiger partial charge in [0.05, 0.1) is 10.7 Å². The summed E-state index contributed by atoms with van der Waals surface area (Å²) in [5.41, 5.74) is 2.31. The van der Waals surface area contributed by atoms with Crippen molar-refractivity contribution in [3.8, 4) is 5.75 Å². The van der Waals surface area contributed by atoms with E-state index in [1.165, 1.54) is 30.3 Å². The van der Waals surface area contributed by atoms with Crippen LogP contribution in [0.3, 0.4) is 0 Å². The molecule has 0 unspecified atom stereocenters. The van der Waals surface area contributed by atoms with Crippen LogP contribution in [0.4, 0.5) is 0 Å². The van der Waals surface area contributed by atoms with Gasteiger partial charge in [0.15, 0.2) is 0 Å². The SMILES string of the molecule is CC(=O)Oc1ccc(Cc2csc(CC3CC3)n2)cc1. The minimum Gasteiger partial charge on any atom is -0.427 e. The number of thiazole rings is 1. The third-order valence-electron chi connectivity index (χ3n) is 3.33. The number of carbonyl (C=O) groups is 1. The molecule has 104 valence electrons. The van der Waals surface area contributed by atoms with Gasteiger partial charge >= 0.3 is 5.97 Å². The monoisotopic (exact) mass is 287 g/mol. The average Bonchev–Trinajstić information content (AvgIpc) is 3.11. The van der Waals surface area contributed by atoms with Crippen LogP contribution in [0.1, 0.15) is 36.0 Å². The quantitative estimate of drug-likeness (QED) is 0.623. The summed E-state index contributed by atoms with van der Waals surface area (Å²) < 4.78 is 5.02. The molecule has 1 heterocycles. The number of nitrogens with zero attached hydrogens (tertiary/aromatic N) is 1. The molecule has 0 spiro atoms. The predicted molar refractivity (Wildman–Crippen MR) is 79.1 cm³/mol. The van der Waals surface area contributed by atoms with Crippen molar-refractivity contribution in [3.63, 3.8) is 0 Å². The van der Waals surface area contributed by atoms with E-state index in [9.17, 15) is 4.79 Å². The Morgan fingerprint density at radius 2 is 2.10 bits per heavy atom. The Bertz CT molecular complexity index is 599. The highest BCUT2D eigenvalue weighted by Crippen LogP contribution is 2.33. The fourth-order valence-corrected chi connectivity index (χ4v) is 3.05. The lowest BCUT2D eigenvalue weighted by Crippen LogP contribution is -2.01. The van der Waals surface area contributed by atoms with E-state index in [4.69, 9.17) is 4.74 Å². The zero-order valence-electron chi connectivity index (χ0n) is 11.5. The van der Waals surface area contributed by atoms with Crippen LogP contribution < -0.4 is 4.74 Å². The van der Waals surface area contributed by atoms with Gasteiger partial charge in [0.2, 0.25) is 0 Å². The summed E-state index contributed by atoms with van der Waals surface area (Å²) in [6.07, 6.45) is 4.72. The van der Waals surface area contributed by atoms with E-state index in [1.54, 1.807) is 11.3 Å². The molecule has 1 aliphatic rings. The number of rotatable bonds is 5. The van der Waals surface area contributed by atoms with Crippen LogP contribution in [-0.2, 0) is 17.6 Å². The Kier molecular flexibility index (Phi) is 3.83. The van der Waals surface area contributed by atoms with E-state index in [0.29, 0.717) is 5.75 Å². The molecule has 20 heavy (non-hydrogen) atoms. The van der Waals surface area contributed by atoms with Crippen LogP contribution in [0, 0.1) is 5.92 Å². The van der Waals surface area contributed by atoms with Gasteiger partial charge in [-0.15, -0.1) is 11.3 Å². The van der Waals surface area contributed by atoms with Crippen LogP contribution in [0.25, 0.3) is 0 Å². The van der Waals surface area contributed by atoms with Crippen molar-refractivity contribution in [2.75, 3.05) is 0 Å². The van der Waals surface area contributed by atoms with Crippen LogP contribution in [0.2, 0.25) is 0 Å². The van der Waals surface area contributed by atoms with E-state index < -0.39 is 0 Å². The normalized spacial score (nSPS) is 14.2. The third kappa shape index (κ3) is 3.67. The van der Waals surface area contributed by atoms with Crippen molar-refractivity contribution >= 4 is 17.3 Å². The van der Waals surface area contributed by atoms with Crippen molar-refractivity contribution in [3.05, 3.63) is 45.9 Å². The Morgan fingerprint density at radius 1 is 1.35 bits per heavy atom. The van der Waals surface area contributed by atoms with E-state index in [2.05, 4.69) is 10.4 Å². The lowest BCUT2D eigenvalue weighted by Gasteiger charge is -2.02. The zero-order valence-corrected chi connectivity index (χ0v) is 12.3. The summed E-state index contributed by atoms with van der Waals surface area (Å²) in [4.78, 5) is 15.5. The molecule has 0 aliphatic heterocycles. The highest BCUT2D eigenvalue weighted by Gasteiger charge is 2.22. The summed E-state index contributed by atoms with van der Waals surface area (Å²) >= 11 is 1.77. The lowest BCUT2D eigenvalue weighted by molar-refractivity contribution is -0.131. The Hall–Kier alpha value is -1.68. The average molecular weight is 287 g/mol. The lowest BCUT2D eigenvalue weighted by atomic mass is 10.1. The van der Waals surface area contributed by atoms with Gasteiger partial charge in [0.25, 0.3) is 0 Å². The Balaban J connectivity index is 1.61. The van der Waals surface area contributed by atoms with Crippen molar-refractivity contribution in [1.29, 1.82) is 0 Å². The number of esters is 1. The fourth-order valence-electron chi connectivity index (χ4n) is 2.14. The number of carbonyl (C=O) groups excluding carboxylic acids is 1. The van der Waals surface area contributed by atoms with Crippen molar-refractivity contribution in [2.45, 2.75) is 32.6 Å². The summed E-state index contributed by atoms with van der Waals surface area (Å²) in [5.74, 6) is 1.19. The number of aromatic nitrogens is 1. The Labute approximate surface area is 122 Å². The van der Waals surface area contributed by atoms with Gasteiger partial charge in [0, 0.05) is 25.1 Å². The van der Waals surface area contributed by atoms with Gasteiger partial charge in [0.1, 0.15) is 5.75 Å². The first-order valence-electron chi connectivity index (χ1n) is 6.89. The molecule has 0 radical (unpaired) electrons. The van der Waals surface area contributed by atoms with Crippen molar-refractivity contribution < 1.29 is 9.53 Å². The first kappa shape index (κ1) is 13.3. The molecule has 3 nitrogen and oxygen atoms in total. The number of ether oxygens (including phenoxy) is 1. The first-order chi connectivity index (χ1) is 9.69.